The van der Waals surface area contributed by atoms with Crippen molar-refractivity contribution in [1.29, 1.82) is 0 Å². The average Bonchev–Trinajstić information content (AvgIpc) is 3.10. The molecule has 27 heavy (non-hydrogen) atoms. The van der Waals surface area contributed by atoms with Crippen molar-refractivity contribution in [2.75, 3.05) is 0 Å². The Morgan fingerprint density at radius 1 is 1.11 bits per heavy atom. The number of nitrogens with one attached hydrogen (secondary N) is 2. The van der Waals surface area contributed by atoms with Gasteiger partial charge in [-0.1, -0.05) is 42.1 Å². The van der Waals surface area contributed by atoms with Crippen LogP contribution in [0.2, 0.25) is 0 Å². The molecule has 1 heterocycles. The molecule has 0 aliphatic carbocycles. The monoisotopic (exact) mass is 403 g/mol. The molecule has 0 saturated heterocycles. The van der Waals surface area contributed by atoms with E-state index in [4.69, 9.17) is 0 Å². The zero-order valence-corrected chi connectivity index (χ0v) is 16.0. The number of carbonyl (C=O) groups excluding carboxylic acids is 1. The quantitative estimate of drug-likeness (QED) is 0.460. The SMILES string of the molecule is Cn1cnnc1SCc1ccc(C(=O)NNS(=O)(=O)c2ccccc2)cc1. The molecule has 8 nitrogen and oxygen atoms in total. The van der Waals surface area contributed by atoms with Gasteiger partial charge < -0.3 is 4.57 Å². The Kier molecular flexibility index (Phi) is 5.89. The second kappa shape index (κ2) is 8.33. The molecular weight excluding hydrogens is 386 g/mol. The summed E-state index contributed by atoms with van der Waals surface area (Å²) < 4.78 is 26.0. The molecule has 0 atom stereocenters. The minimum Gasteiger partial charge on any atom is -0.312 e. The van der Waals surface area contributed by atoms with Crippen molar-refractivity contribution in [2.24, 2.45) is 7.05 Å². The van der Waals surface area contributed by atoms with Crippen molar-refractivity contribution in [2.45, 2.75) is 15.8 Å². The van der Waals surface area contributed by atoms with Gasteiger partial charge in [-0.05, 0) is 29.8 Å². The molecule has 2 aromatic carbocycles. The predicted molar refractivity (Wildman–Crippen MR) is 101 cm³/mol. The number of nitrogens with zero attached hydrogens (tertiary/aromatic N) is 3. The molecule has 1 aromatic heterocycles. The lowest BCUT2D eigenvalue weighted by atomic mass is 10.1. The van der Waals surface area contributed by atoms with Crippen molar-refractivity contribution in [3.8, 4) is 0 Å². The molecular formula is C17H17N5O3S2. The number of thioether (sulfide) groups is 1. The van der Waals surface area contributed by atoms with E-state index < -0.39 is 15.9 Å². The summed E-state index contributed by atoms with van der Waals surface area (Å²) in [4.78, 5) is 14.3. The molecule has 140 valence electrons. The van der Waals surface area contributed by atoms with Gasteiger partial charge in [-0.2, -0.15) is 0 Å². The molecule has 3 aromatic rings. The number of hydrazine groups is 1. The number of carbonyl (C=O) groups is 1. The molecule has 0 unspecified atom stereocenters. The molecule has 0 bridgehead atoms. The number of hydrogen-bond donors (Lipinski definition) is 2. The summed E-state index contributed by atoms with van der Waals surface area (Å²) in [5.41, 5.74) is 3.56. The van der Waals surface area contributed by atoms with Crippen LogP contribution in [0, 0.1) is 0 Å². The van der Waals surface area contributed by atoms with E-state index in [1.165, 1.54) is 23.9 Å². The van der Waals surface area contributed by atoms with Crippen molar-refractivity contribution >= 4 is 27.7 Å². The second-order valence-corrected chi connectivity index (χ2v) is 8.21. The van der Waals surface area contributed by atoms with Crippen LogP contribution in [0.3, 0.4) is 0 Å². The van der Waals surface area contributed by atoms with E-state index >= 15 is 0 Å². The van der Waals surface area contributed by atoms with E-state index in [1.54, 1.807) is 36.7 Å². The normalized spacial score (nSPS) is 11.3. The topological polar surface area (TPSA) is 106 Å². The maximum Gasteiger partial charge on any atom is 0.266 e. The van der Waals surface area contributed by atoms with E-state index in [2.05, 4.69) is 20.5 Å². The third-order valence-corrected chi connectivity index (χ3v) is 5.98. The fourth-order valence-electron chi connectivity index (χ4n) is 2.15. The van der Waals surface area contributed by atoms with Gasteiger partial charge in [0.1, 0.15) is 6.33 Å². The highest BCUT2D eigenvalue weighted by Crippen LogP contribution is 2.20. The Morgan fingerprint density at radius 3 is 2.44 bits per heavy atom. The zero-order chi connectivity index (χ0) is 19.3. The van der Waals surface area contributed by atoms with Crippen molar-refractivity contribution < 1.29 is 13.2 Å². The number of aryl methyl sites for hydroxylation is 1. The van der Waals surface area contributed by atoms with E-state index in [0.717, 1.165) is 10.7 Å². The number of rotatable bonds is 7. The van der Waals surface area contributed by atoms with Gasteiger partial charge in [0.15, 0.2) is 5.16 Å². The second-order valence-electron chi connectivity index (χ2n) is 5.58. The third kappa shape index (κ3) is 4.94. The van der Waals surface area contributed by atoms with Gasteiger partial charge in [0.2, 0.25) is 0 Å². The molecule has 0 saturated carbocycles. The number of amides is 1. The first-order chi connectivity index (χ1) is 13.0. The first-order valence-electron chi connectivity index (χ1n) is 7.88. The van der Waals surface area contributed by atoms with E-state index in [9.17, 15) is 13.2 Å². The van der Waals surface area contributed by atoms with Crippen LogP contribution in [0.15, 0.2) is 71.0 Å². The minimum absolute atomic E-state index is 0.0708. The summed E-state index contributed by atoms with van der Waals surface area (Å²) in [6, 6.07) is 14.7. The smallest absolute Gasteiger partial charge is 0.266 e. The third-order valence-electron chi connectivity index (χ3n) is 3.61. The Labute approximate surface area is 161 Å². The first kappa shape index (κ1) is 19.1. The molecule has 0 spiro atoms. The lowest BCUT2D eigenvalue weighted by molar-refractivity contribution is 0.0945. The highest BCUT2D eigenvalue weighted by atomic mass is 32.2. The molecule has 3 rings (SSSR count). The molecule has 0 radical (unpaired) electrons. The maximum atomic E-state index is 12.2. The highest BCUT2D eigenvalue weighted by molar-refractivity contribution is 7.98. The van der Waals surface area contributed by atoms with Gasteiger partial charge in [-0.15, -0.1) is 15.0 Å². The largest absolute Gasteiger partial charge is 0.312 e. The van der Waals surface area contributed by atoms with Crippen LogP contribution >= 0.6 is 11.8 Å². The van der Waals surface area contributed by atoms with Crippen LogP contribution in [0.5, 0.6) is 0 Å². The fraction of sp³-hybridized carbons (Fsp3) is 0.118. The van der Waals surface area contributed by atoms with Gasteiger partial charge in [-0.3, -0.25) is 10.2 Å². The van der Waals surface area contributed by atoms with Crippen LogP contribution in [0.1, 0.15) is 15.9 Å². The van der Waals surface area contributed by atoms with Gasteiger partial charge in [-0.25, -0.2) is 8.42 Å². The minimum atomic E-state index is -3.81. The van der Waals surface area contributed by atoms with Gasteiger partial charge in [0.25, 0.3) is 15.9 Å². The van der Waals surface area contributed by atoms with Gasteiger partial charge in [0.05, 0.1) is 4.90 Å². The summed E-state index contributed by atoms with van der Waals surface area (Å²) in [5.74, 6) is 0.136. The van der Waals surface area contributed by atoms with Crippen molar-refractivity contribution in [3.63, 3.8) is 0 Å². The Balaban J connectivity index is 1.57. The number of aromatic nitrogens is 3. The Morgan fingerprint density at radius 2 is 1.81 bits per heavy atom. The Bertz CT molecular complexity index is 1020. The lowest BCUT2D eigenvalue weighted by Gasteiger charge is -2.09. The summed E-state index contributed by atoms with van der Waals surface area (Å²) in [5, 5.41) is 8.61. The molecule has 1 amide bonds. The predicted octanol–water partition coefficient (Wildman–Crippen LogP) is 1.73. The summed E-state index contributed by atoms with van der Waals surface area (Å²) >= 11 is 1.53. The van der Waals surface area contributed by atoms with Crippen LogP contribution < -0.4 is 10.3 Å². The van der Waals surface area contributed by atoms with Gasteiger partial charge in [0, 0.05) is 18.4 Å². The molecule has 10 heteroatoms. The first-order valence-corrected chi connectivity index (χ1v) is 10.4. The van der Waals surface area contributed by atoms with E-state index in [0.29, 0.717) is 11.3 Å². The van der Waals surface area contributed by atoms with Crippen LogP contribution in [0.25, 0.3) is 0 Å². The summed E-state index contributed by atoms with van der Waals surface area (Å²) in [6.07, 6.45) is 1.63. The Hall–Kier alpha value is -2.69. The molecule has 0 aliphatic heterocycles. The summed E-state index contributed by atoms with van der Waals surface area (Å²) in [6.45, 7) is 0. The van der Waals surface area contributed by atoms with E-state index in [1.807, 2.05) is 23.7 Å². The van der Waals surface area contributed by atoms with Crippen LogP contribution in [-0.2, 0) is 22.8 Å². The maximum absolute atomic E-state index is 12.2. The highest BCUT2D eigenvalue weighted by Gasteiger charge is 2.15. The van der Waals surface area contributed by atoms with E-state index in [-0.39, 0.29) is 4.90 Å². The average molecular weight is 403 g/mol. The molecule has 2 N–H and O–H groups in total. The number of hydrogen-bond acceptors (Lipinski definition) is 6. The van der Waals surface area contributed by atoms with Crippen molar-refractivity contribution in [1.82, 2.24) is 25.0 Å². The molecule has 0 fully saturated rings. The number of benzene rings is 2. The fourth-order valence-corrected chi connectivity index (χ4v) is 3.85. The van der Waals surface area contributed by atoms with Crippen LogP contribution in [0.4, 0.5) is 0 Å². The van der Waals surface area contributed by atoms with Crippen LogP contribution in [-0.4, -0.2) is 29.1 Å². The van der Waals surface area contributed by atoms with Crippen molar-refractivity contribution in [3.05, 3.63) is 72.1 Å². The zero-order valence-electron chi connectivity index (χ0n) is 14.4. The number of sulfonamides is 1. The molecule has 0 aliphatic rings. The standard InChI is InChI=1S/C17H17N5O3S2/c1-22-12-18-20-17(22)26-11-13-7-9-14(10-8-13)16(23)19-21-27(24,25)15-5-3-2-4-6-15/h2-10,12,21H,11H2,1H3,(H,19,23). The summed E-state index contributed by atoms with van der Waals surface area (Å²) in [7, 11) is -1.94. The lowest BCUT2D eigenvalue weighted by Crippen LogP contribution is -2.41. The van der Waals surface area contributed by atoms with Gasteiger partial charge >= 0.3 is 0 Å².